The van der Waals surface area contributed by atoms with Crippen LogP contribution in [0.3, 0.4) is 0 Å². The lowest BCUT2D eigenvalue weighted by Crippen LogP contribution is -2.35. The molecular formula is C21H18FN3O2S2. The lowest BCUT2D eigenvalue weighted by atomic mass is 10.1. The molecule has 29 heavy (non-hydrogen) atoms. The molecule has 4 rings (SSSR count). The van der Waals surface area contributed by atoms with Gasteiger partial charge in [0, 0.05) is 22.9 Å². The summed E-state index contributed by atoms with van der Waals surface area (Å²) in [6.07, 6.45) is 1.42. The molecule has 5 nitrogen and oxygen atoms in total. The zero-order chi connectivity index (χ0) is 20.5. The van der Waals surface area contributed by atoms with E-state index in [4.69, 9.17) is 0 Å². The van der Waals surface area contributed by atoms with Gasteiger partial charge in [-0.1, -0.05) is 18.2 Å². The van der Waals surface area contributed by atoms with Crippen molar-refractivity contribution in [2.75, 3.05) is 7.05 Å². The summed E-state index contributed by atoms with van der Waals surface area (Å²) in [6.45, 7) is 1.76. The zero-order valence-electron chi connectivity index (χ0n) is 15.8. The van der Waals surface area contributed by atoms with Crippen LogP contribution in [0.25, 0.3) is 20.7 Å². The maximum atomic E-state index is 13.2. The van der Waals surface area contributed by atoms with E-state index in [1.807, 2.05) is 29.8 Å². The van der Waals surface area contributed by atoms with Crippen LogP contribution >= 0.6 is 22.7 Å². The minimum absolute atomic E-state index is 0.108. The Kier molecular flexibility index (Phi) is 5.29. The largest absolute Gasteiger partial charge is 0.337 e. The fourth-order valence-electron chi connectivity index (χ4n) is 3.13. The summed E-state index contributed by atoms with van der Waals surface area (Å²) in [4.78, 5) is 33.5. The zero-order valence-corrected chi connectivity index (χ0v) is 17.5. The van der Waals surface area contributed by atoms with Crippen molar-refractivity contribution in [1.82, 2.24) is 14.5 Å². The van der Waals surface area contributed by atoms with Gasteiger partial charge in [-0.05, 0) is 36.1 Å². The van der Waals surface area contributed by atoms with E-state index in [1.165, 1.54) is 34.4 Å². The van der Waals surface area contributed by atoms with E-state index in [-0.39, 0.29) is 29.9 Å². The highest BCUT2D eigenvalue weighted by molar-refractivity contribution is 7.18. The molecule has 1 amide bonds. The maximum absolute atomic E-state index is 13.2. The molecule has 0 N–H and O–H groups in total. The third-order valence-electron chi connectivity index (χ3n) is 4.98. The molecule has 1 aromatic carbocycles. The minimum Gasteiger partial charge on any atom is -0.337 e. The van der Waals surface area contributed by atoms with Gasteiger partial charge >= 0.3 is 0 Å². The van der Waals surface area contributed by atoms with Crippen LogP contribution in [0.4, 0.5) is 4.39 Å². The molecule has 1 atom stereocenters. The van der Waals surface area contributed by atoms with E-state index < -0.39 is 0 Å². The number of carbonyl (C=O) groups is 1. The van der Waals surface area contributed by atoms with Gasteiger partial charge in [0.2, 0.25) is 5.91 Å². The van der Waals surface area contributed by atoms with Gasteiger partial charge in [0.1, 0.15) is 17.2 Å². The van der Waals surface area contributed by atoms with Crippen molar-refractivity contribution < 1.29 is 9.18 Å². The smallest absolute Gasteiger partial charge is 0.263 e. The van der Waals surface area contributed by atoms with Crippen LogP contribution in [0.2, 0.25) is 0 Å². The van der Waals surface area contributed by atoms with Crippen LogP contribution < -0.4 is 5.56 Å². The Morgan fingerprint density at radius 1 is 1.24 bits per heavy atom. The Labute approximate surface area is 174 Å². The van der Waals surface area contributed by atoms with Gasteiger partial charge in [0.05, 0.1) is 17.8 Å². The number of hydrogen-bond donors (Lipinski definition) is 0. The number of aromatic nitrogens is 2. The first-order valence-corrected chi connectivity index (χ1v) is 10.7. The fourth-order valence-corrected chi connectivity index (χ4v) is 4.85. The van der Waals surface area contributed by atoms with Crippen LogP contribution in [0.1, 0.15) is 18.5 Å². The molecule has 1 unspecified atom stereocenters. The summed E-state index contributed by atoms with van der Waals surface area (Å²) < 4.78 is 14.5. The van der Waals surface area contributed by atoms with Gasteiger partial charge in [0.15, 0.2) is 0 Å². The van der Waals surface area contributed by atoms with Crippen molar-refractivity contribution in [3.63, 3.8) is 0 Å². The number of halogens is 1. The van der Waals surface area contributed by atoms with Gasteiger partial charge in [-0.25, -0.2) is 9.37 Å². The predicted octanol–water partition coefficient (Wildman–Crippen LogP) is 4.55. The molecular weight excluding hydrogens is 409 g/mol. The molecule has 0 bridgehead atoms. The highest BCUT2D eigenvalue weighted by atomic mass is 32.1. The number of fused-ring (bicyclic) bond motifs is 1. The highest BCUT2D eigenvalue weighted by Gasteiger charge is 2.20. The van der Waals surface area contributed by atoms with Crippen LogP contribution in [0.5, 0.6) is 0 Å². The Hall–Kier alpha value is -2.84. The molecule has 0 radical (unpaired) electrons. The SMILES string of the molecule is CC(c1ccc(F)cc1)N(C)C(=O)Cn1cnc2scc(-c3cccs3)c2c1=O. The van der Waals surface area contributed by atoms with Gasteiger partial charge in [-0.3, -0.25) is 14.2 Å². The van der Waals surface area contributed by atoms with Crippen molar-refractivity contribution >= 4 is 38.8 Å². The lowest BCUT2D eigenvalue weighted by Gasteiger charge is -2.25. The van der Waals surface area contributed by atoms with E-state index in [0.29, 0.717) is 10.2 Å². The molecule has 0 aliphatic carbocycles. The Bertz CT molecular complexity index is 1210. The topological polar surface area (TPSA) is 55.2 Å². The highest BCUT2D eigenvalue weighted by Crippen LogP contribution is 2.33. The third kappa shape index (κ3) is 3.73. The van der Waals surface area contributed by atoms with Crippen molar-refractivity contribution in [3.05, 3.63) is 75.2 Å². The summed E-state index contributed by atoms with van der Waals surface area (Å²) >= 11 is 2.98. The third-order valence-corrected chi connectivity index (χ3v) is 6.77. The molecule has 0 spiro atoms. The number of hydrogen-bond acceptors (Lipinski definition) is 5. The molecule has 8 heteroatoms. The summed E-state index contributed by atoms with van der Waals surface area (Å²) in [5.41, 5.74) is 1.45. The Morgan fingerprint density at radius 2 is 2.00 bits per heavy atom. The van der Waals surface area contributed by atoms with Gasteiger partial charge < -0.3 is 4.90 Å². The van der Waals surface area contributed by atoms with E-state index in [9.17, 15) is 14.0 Å². The minimum atomic E-state index is -0.321. The van der Waals surface area contributed by atoms with Gasteiger partial charge in [-0.2, -0.15) is 0 Å². The molecule has 0 saturated carbocycles. The number of nitrogens with zero attached hydrogens (tertiary/aromatic N) is 3. The Balaban J connectivity index is 1.61. The van der Waals surface area contributed by atoms with Crippen molar-refractivity contribution in [1.29, 1.82) is 0 Å². The van der Waals surface area contributed by atoms with Crippen LogP contribution in [-0.2, 0) is 11.3 Å². The van der Waals surface area contributed by atoms with Gasteiger partial charge in [0.25, 0.3) is 5.56 Å². The molecule has 3 heterocycles. The standard InChI is InChI=1S/C21H18FN3O2S2/c1-13(14-5-7-15(22)8-6-14)24(2)18(26)10-25-12-23-20-19(21(25)27)16(11-29-20)17-4-3-9-28-17/h3-9,11-13H,10H2,1-2H3. The number of amides is 1. The van der Waals surface area contributed by atoms with Crippen LogP contribution in [0.15, 0.2) is 58.3 Å². The van der Waals surface area contributed by atoms with Gasteiger partial charge in [-0.15, -0.1) is 22.7 Å². The first kappa shape index (κ1) is 19.5. The number of rotatable bonds is 5. The predicted molar refractivity (Wildman–Crippen MR) is 115 cm³/mol. The molecule has 0 aliphatic rings. The number of thiophene rings is 2. The van der Waals surface area contributed by atoms with Crippen molar-refractivity contribution in [2.45, 2.75) is 19.5 Å². The second-order valence-electron chi connectivity index (χ2n) is 6.72. The van der Waals surface area contributed by atoms with E-state index in [1.54, 1.807) is 35.4 Å². The summed E-state index contributed by atoms with van der Waals surface area (Å²) in [5, 5.41) is 4.44. The first-order chi connectivity index (χ1) is 14.0. The quantitative estimate of drug-likeness (QED) is 0.470. The molecule has 3 aromatic heterocycles. The van der Waals surface area contributed by atoms with E-state index in [0.717, 1.165) is 16.0 Å². The molecule has 0 saturated heterocycles. The first-order valence-electron chi connectivity index (χ1n) is 8.97. The molecule has 148 valence electrons. The number of carbonyl (C=O) groups excluding carboxylic acids is 1. The van der Waals surface area contributed by atoms with Crippen LogP contribution in [0, 0.1) is 5.82 Å². The fraction of sp³-hybridized carbons (Fsp3) is 0.190. The normalized spacial score (nSPS) is 12.2. The van der Waals surface area contributed by atoms with Crippen LogP contribution in [-0.4, -0.2) is 27.4 Å². The lowest BCUT2D eigenvalue weighted by molar-refractivity contribution is -0.132. The molecule has 0 aliphatic heterocycles. The van der Waals surface area contributed by atoms with E-state index >= 15 is 0 Å². The van der Waals surface area contributed by atoms with E-state index in [2.05, 4.69) is 4.98 Å². The second kappa shape index (κ2) is 7.88. The van der Waals surface area contributed by atoms with Crippen molar-refractivity contribution in [2.24, 2.45) is 0 Å². The second-order valence-corrected chi connectivity index (χ2v) is 8.52. The summed E-state index contributed by atoms with van der Waals surface area (Å²) in [7, 11) is 1.68. The monoisotopic (exact) mass is 427 g/mol. The molecule has 4 aromatic rings. The number of benzene rings is 1. The summed E-state index contributed by atoms with van der Waals surface area (Å²) in [5.74, 6) is -0.545. The number of likely N-dealkylation sites (N-methyl/N-ethyl adjacent to an activating group) is 1. The average molecular weight is 428 g/mol. The van der Waals surface area contributed by atoms with Crippen molar-refractivity contribution in [3.8, 4) is 10.4 Å². The maximum Gasteiger partial charge on any atom is 0.263 e. The average Bonchev–Trinajstić information content (AvgIpc) is 3.39. The Morgan fingerprint density at radius 3 is 2.69 bits per heavy atom. The molecule has 0 fully saturated rings. The summed E-state index contributed by atoms with van der Waals surface area (Å²) in [6, 6.07) is 9.70.